The molecule has 0 aliphatic carbocycles. The topological polar surface area (TPSA) is 72.5 Å². The lowest BCUT2D eigenvalue weighted by Crippen LogP contribution is -2.34. The Morgan fingerprint density at radius 2 is 1.81 bits per heavy atom. The number of rotatable bonds is 5. The predicted octanol–water partition coefficient (Wildman–Crippen LogP) is 5.76. The van der Waals surface area contributed by atoms with E-state index in [0.29, 0.717) is 27.8 Å². The monoisotopic (exact) mass is 483 g/mol. The summed E-state index contributed by atoms with van der Waals surface area (Å²) in [5.74, 6) is 0.593. The molecule has 0 fully saturated rings. The maximum atomic E-state index is 12.6. The zero-order valence-corrected chi connectivity index (χ0v) is 19.5. The smallest absolute Gasteiger partial charge is 0.257 e. The van der Waals surface area contributed by atoms with Crippen molar-refractivity contribution in [3.05, 3.63) is 71.2 Å². The van der Waals surface area contributed by atoms with E-state index < -0.39 is 0 Å². The van der Waals surface area contributed by atoms with Crippen LogP contribution in [-0.4, -0.2) is 30.2 Å². The van der Waals surface area contributed by atoms with Crippen LogP contribution in [0.5, 0.6) is 11.5 Å². The zero-order valence-electron chi connectivity index (χ0n) is 17.1. The number of carbonyl (C=O) groups is 1. The fourth-order valence-corrected chi connectivity index (χ4v) is 4.39. The molecule has 0 saturated heterocycles. The van der Waals surface area contributed by atoms with Gasteiger partial charge in [-0.3, -0.25) is 10.1 Å². The van der Waals surface area contributed by atoms with Gasteiger partial charge in [0.15, 0.2) is 16.6 Å². The molecule has 4 aromatic rings. The van der Waals surface area contributed by atoms with E-state index in [2.05, 4.69) is 15.6 Å². The molecule has 1 amide bonds. The van der Waals surface area contributed by atoms with Gasteiger partial charge in [-0.1, -0.05) is 29.8 Å². The van der Waals surface area contributed by atoms with Gasteiger partial charge in [-0.15, -0.1) is 11.3 Å². The number of methoxy groups -OCH3 is 2. The highest BCUT2D eigenvalue weighted by molar-refractivity contribution is 7.80. The first-order chi connectivity index (χ1) is 15.5. The first-order valence-electron chi connectivity index (χ1n) is 9.48. The van der Waals surface area contributed by atoms with Crippen LogP contribution in [0.1, 0.15) is 10.4 Å². The molecule has 1 heterocycles. The van der Waals surface area contributed by atoms with Crippen molar-refractivity contribution in [3.63, 3.8) is 0 Å². The number of hydrogen-bond donors (Lipinski definition) is 2. The Balaban J connectivity index is 1.50. The van der Waals surface area contributed by atoms with Crippen LogP contribution in [0.15, 0.2) is 60.7 Å². The van der Waals surface area contributed by atoms with E-state index >= 15 is 0 Å². The number of amides is 1. The Labute approximate surface area is 199 Å². The molecule has 0 spiro atoms. The van der Waals surface area contributed by atoms with E-state index in [1.165, 1.54) is 14.2 Å². The van der Waals surface area contributed by atoms with Crippen molar-refractivity contribution in [1.29, 1.82) is 0 Å². The van der Waals surface area contributed by atoms with E-state index in [9.17, 15) is 4.79 Å². The second kappa shape index (κ2) is 9.52. The molecule has 0 unspecified atom stereocenters. The maximum Gasteiger partial charge on any atom is 0.257 e. The molecule has 0 atom stereocenters. The summed E-state index contributed by atoms with van der Waals surface area (Å²) in [6, 6.07) is 18.3. The number of hydrogen-bond acceptors (Lipinski definition) is 6. The number of fused-ring (bicyclic) bond motifs is 1. The van der Waals surface area contributed by atoms with Gasteiger partial charge in [0.2, 0.25) is 0 Å². The fraction of sp³-hybridized carbons (Fsp3) is 0.0870. The Morgan fingerprint density at radius 3 is 2.56 bits per heavy atom. The lowest BCUT2D eigenvalue weighted by molar-refractivity contribution is 0.0977. The largest absolute Gasteiger partial charge is 0.493 e. The standard InChI is InChI=1S/C23H18ClN3O3S2/c1-29-18-10-8-13(12-19(18)30-2)21(28)27-23(31)26-17-11-14(7-9-15(17)24)22-25-16-5-3-4-6-20(16)32-22/h3-12H,1-2H3,(H2,26,27,28,31). The molecule has 0 aliphatic heterocycles. The van der Waals surface area contributed by atoms with Crippen LogP contribution in [0.4, 0.5) is 5.69 Å². The number of benzene rings is 3. The molecule has 32 heavy (non-hydrogen) atoms. The molecular weight excluding hydrogens is 466 g/mol. The van der Waals surface area contributed by atoms with Crippen LogP contribution in [0.25, 0.3) is 20.8 Å². The van der Waals surface area contributed by atoms with E-state index in [-0.39, 0.29) is 11.0 Å². The van der Waals surface area contributed by atoms with Crippen molar-refractivity contribution in [1.82, 2.24) is 10.3 Å². The van der Waals surface area contributed by atoms with Crippen LogP contribution < -0.4 is 20.1 Å². The van der Waals surface area contributed by atoms with E-state index in [1.807, 2.05) is 36.4 Å². The molecule has 2 N–H and O–H groups in total. The normalized spacial score (nSPS) is 10.6. The number of thiazole rings is 1. The summed E-state index contributed by atoms with van der Waals surface area (Å²) in [5, 5.41) is 7.10. The van der Waals surface area contributed by atoms with Gasteiger partial charge in [0.25, 0.3) is 5.91 Å². The molecule has 0 saturated carbocycles. The minimum absolute atomic E-state index is 0.119. The number of thiocarbonyl (C=S) groups is 1. The third kappa shape index (κ3) is 4.67. The van der Waals surface area contributed by atoms with Crippen LogP contribution in [-0.2, 0) is 0 Å². The summed E-state index contributed by atoms with van der Waals surface area (Å²) in [7, 11) is 3.04. The van der Waals surface area contributed by atoms with Crippen LogP contribution in [0, 0.1) is 0 Å². The third-order valence-electron chi connectivity index (χ3n) is 4.63. The van der Waals surface area contributed by atoms with Crippen LogP contribution in [0.3, 0.4) is 0 Å². The predicted molar refractivity (Wildman–Crippen MR) is 133 cm³/mol. The van der Waals surface area contributed by atoms with Gasteiger partial charge < -0.3 is 14.8 Å². The van der Waals surface area contributed by atoms with Crippen LogP contribution >= 0.6 is 35.2 Å². The average Bonchev–Trinajstić information content (AvgIpc) is 3.24. The zero-order chi connectivity index (χ0) is 22.7. The number of nitrogens with zero attached hydrogens (tertiary/aromatic N) is 1. The molecule has 3 aromatic carbocycles. The molecule has 4 rings (SSSR count). The summed E-state index contributed by atoms with van der Waals surface area (Å²) in [5.41, 5.74) is 2.78. The van der Waals surface area contributed by atoms with Gasteiger partial charge in [-0.05, 0) is 54.7 Å². The van der Waals surface area contributed by atoms with E-state index in [0.717, 1.165) is 20.8 Å². The van der Waals surface area contributed by atoms with Gasteiger partial charge in [0, 0.05) is 11.1 Å². The van der Waals surface area contributed by atoms with Crippen molar-refractivity contribution in [3.8, 4) is 22.1 Å². The summed E-state index contributed by atoms with van der Waals surface area (Å²) in [4.78, 5) is 17.3. The van der Waals surface area contributed by atoms with Crippen molar-refractivity contribution in [2.75, 3.05) is 19.5 Å². The highest BCUT2D eigenvalue weighted by Gasteiger charge is 2.14. The van der Waals surface area contributed by atoms with Crippen molar-refractivity contribution < 1.29 is 14.3 Å². The summed E-state index contributed by atoms with van der Waals surface area (Å²) in [6.45, 7) is 0. The third-order valence-corrected chi connectivity index (χ3v) is 6.25. The molecule has 0 bridgehead atoms. The van der Waals surface area contributed by atoms with Crippen molar-refractivity contribution in [2.24, 2.45) is 0 Å². The summed E-state index contributed by atoms with van der Waals surface area (Å²) in [6.07, 6.45) is 0. The Bertz CT molecular complexity index is 1290. The number of aromatic nitrogens is 1. The minimum atomic E-state index is -0.387. The highest BCUT2D eigenvalue weighted by atomic mass is 35.5. The molecule has 0 radical (unpaired) electrons. The average molecular weight is 484 g/mol. The quantitative estimate of drug-likeness (QED) is 0.351. The Morgan fingerprint density at radius 1 is 1.03 bits per heavy atom. The highest BCUT2D eigenvalue weighted by Crippen LogP contribution is 2.34. The number of carbonyl (C=O) groups excluding carboxylic acids is 1. The minimum Gasteiger partial charge on any atom is -0.493 e. The number of halogens is 1. The Kier molecular flexibility index (Phi) is 6.55. The van der Waals surface area contributed by atoms with E-state index in [1.54, 1.807) is 35.6 Å². The first kappa shape index (κ1) is 22.0. The Hall–Kier alpha value is -3.20. The van der Waals surface area contributed by atoms with Crippen molar-refractivity contribution >= 4 is 62.1 Å². The van der Waals surface area contributed by atoms with Gasteiger partial charge in [-0.2, -0.15) is 0 Å². The number of nitrogens with one attached hydrogen (secondary N) is 2. The number of anilines is 1. The molecular formula is C23H18ClN3O3S2. The van der Waals surface area contributed by atoms with Gasteiger partial charge >= 0.3 is 0 Å². The van der Waals surface area contributed by atoms with Gasteiger partial charge in [0.1, 0.15) is 5.01 Å². The summed E-state index contributed by atoms with van der Waals surface area (Å²) < 4.78 is 11.5. The molecule has 0 aliphatic rings. The molecule has 6 nitrogen and oxygen atoms in total. The number of para-hydroxylation sites is 1. The molecule has 1 aromatic heterocycles. The summed E-state index contributed by atoms with van der Waals surface area (Å²) >= 11 is 13.3. The lowest BCUT2D eigenvalue weighted by Gasteiger charge is -2.13. The molecule has 9 heteroatoms. The van der Waals surface area contributed by atoms with Gasteiger partial charge in [-0.25, -0.2) is 4.98 Å². The molecule has 162 valence electrons. The maximum absolute atomic E-state index is 12.6. The second-order valence-electron chi connectivity index (χ2n) is 6.66. The SMILES string of the molecule is COc1ccc(C(=O)NC(=S)Nc2cc(-c3nc4ccccc4s3)ccc2Cl)cc1OC. The fourth-order valence-electron chi connectivity index (χ4n) is 3.06. The van der Waals surface area contributed by atoms with Gasteiger partial charge in [0.05, 0.1) is 35.1 Å². The van der Waals surface area contributed by atoms with Crippen molar-refractivity contribution in [2.45, 2.75) is 0 Å². The van der Waals surface area contributed by atoms with E-state index in [4.69, 9.17) is 33.3 Å². The van der Waals surface area contributed by atoms with Crippen LogP contribution in [0.2, 0.25) is 5.02 Å². The second-order valence-corrected chi connectivity index (χ2v) is 8.51. The number of ether oxygens (including phenoxy) is 2. The lowest BCUT2D eigenvalue weighted by atomic mass is 10.2. The first-order valence-corrected chi connectivity index (χ1v) is 11.1.